The van der Waals surface area contributed by atoms with Gasteiger partial charge in [0, 0.05) is 12.6 Å². The molecule has 0 radical (unpaired) electrons. The highest BCUT2D eigenvalue weighted by Gasteiger charge is 2.59. The molecule has 1 N–H and O–H groups in total. The lowest BCUT2D eigenvalue weighted by atomic mass is 9.79. The van der Waals surface area contributed by atoms with Gasteiger partial charge in [-0.2, -0.15) is 0 Å². The number of amides is 2. The largest absolute Gasteiger partial charge is 0.469 e. The summed E-state index contributed by atoms with van der Waals surface area (Å²) >= 11 is 0. The lowest BCUT2D eigenvalue weighted by Gasteiger charge is -2.53. The average Bonchev–Trinajstić information content (AvgIpc) is 2.44. The van der Waals surface area contributed by atoms with Crippen molar-refractivity contribution in [2.75, 3.05) is 14.2 Å². The molecule has 2 aliphatic heterocycles. The number of carbonyl (C=O) groups excluding carboxylic acids is 2. The van der Waals surface area contributed by atoms with Crippen LogP contribution in [0.1, 0.15) is 18.5 Å². The fraction of sp³-hybridized carbons (Fsp3) is 0.429. The summed E-state index contributed by atoms with van der Waals surface area (Å²) in [5, 5.41) is 2.85. The monoisotopic (exact) mass is 276 g/mol. The number of carbonyl (C=O) groups is 2. The molecule has 6 heteroatoms. The average molecular weight is 276 g/mol. The van der Waals surface area contributed by atoms with Crippen molar-refractivity contribution in [3.05, 3.63) is 29.8 Å². The van der Waals surface area contributed by atoms with Gasteiger partial charge >= 0.3 is 12.0 Å². The zero-order valence-corrected chi connectivity index (χ0v) is 11.5. The predicted molar refractivity (Wildman–Crippen MR) is 70.0 cm³/mol. The van der Waals surface area contributed by atoms with E-state index in [0.717, 1.165) is 5.56 Å². The van der Waals surface area contributed by atoms with Gasteiger partial charge in [0.15, 0.2) is 5.72 Å². The van der Waals surface area contributed by atoms with Crippen LogP contribution in [0.5, 0.6) is 5.75 Å². The third-order valence-electron chi connectivity index (χ3n) is 4.19. The molecule has 1 fully saturated rings. The van der Waals surface area contributed by atoms with E-state index < -0.39 is 23.7 Å². The lowest BCUT2D eigenvalue weighted by molar-refractivity contribution is -0.173. The van der Waals surface area contributed by atoms with Crippen molar-refractivity contribution in [1.29, 1.82) is 0 Å². The summed E-state index contributed by atoms with van der Waals surface area (Å²) in [5.41, 5.74) is -0.268. The van der Waals surface area contributed by atoms with Crippen LogP contribution < -0.4 is 10.1 Å². The number of esters is 1. The van der Waals surface area contributed by atoms with Gasteiger partial charge < -0.3 is 14.8 Å². The molecule has 0 saturated carbocycles. The topological polar surface area (TPSA) is 67.9 Å². The number of methoxy groups -OCH3 is 1. The zero-order chi connectivity index (χ0) is 14.5. The number of nitrogens with one attached hydrogen (secondary N) is 1. The Balaban J connectivity index is 2.18. The van der Waals surface area contributed by atoms with Crippen molar-refractivity contribution in [2.24, 2.45) is 5.92 Å². The van der Waals surface area contributed by atoms with Crippen LogP contribution in [0, 0.1) is 5.92 Å². The number of hydrogen-bond donors (Lipinski definition) is 1. The van der Waals surface area contributed by atoms with Crippen LogP contribution >= 0.6 is 0 Å². The molecule has 2 aliphatic rings. The van der Waals surface area contributed by atoms with E-state index in [9.17, 15) is 9.59 Å². The quantitative estimate of drug-likeness (QED) is 0.785. The minimum absolute atomic E-state index is 0.271. The van der Waals surface area contributed by atoms with Crippen molar-refractivity contribution in [1.82, 2.24) is 10.2 Å². The van der Waals surface area contributed by atoms with Crippen LogP contribution in [0.2, 0.25) is 0 Å². The maximum atomic E-state index is 12.2. The number of nitrogens with zero attached hydrogens (tertiary/aromatic N) is 1. The van der Waals surface area contributed by atoms with E-state index in [4.69, 9.17) is 9.47 Å². The summed E-state index contributed by atoms with van der Waals surface area (Å²) < 4.78 is 10.9. The molecule has 6 nitrogen and oxygen atoms in total. The lowest BCUT2D eigenvalue weighted by Crippen LogP contribution is -2.70. The fourth-order valence-electron chi connectivity index (χ4n) is 2.96. The molecule has 2 heterocycles. The summed E-state index contributed by atoms with van der Waals surface area (Å²) in [6.45, 7) is 1.73. The Bertz CT molecular complexity index is 588. The second-order valence-electron chi connectivity index (χ2n) is 5.18. The molecule has 1 aromatic rings. The van der Waals surface area contributed by atoms with Gasteiger partial charge in [0.25, 0.3) is 0 Å². The number of fused-ring (bicyclic) bond motifs is 4. The second kappa shape index (κ2) is 4.13. The van der Waals surface area contributed by atoms with Crippen LogP contribution in [0.4, 0.5) is 4.79 Å². The van der Waals surface area contributed by atoms with E-state index >= 15 is 0 Å². The maximum absolute atomic E-state index is 12.2. The number of urea groups is 1. The van der Waals surface area contributed by atoms with Crippen LogP contribution in [0.25, 0.3) is 0 Å². The van der Waals surface area contributed by atoms with Gasteiger partial charge in [0.2, 0.25) is 0 Å². The fourth-order valence-corrected chi connectivity index (χ4v) is 2.96. The van der Waals surface area contributed by atoms with Gasteiger partial charge in [-0.15, -0.1) is 0 Å². The zero-order valence-electron chi connectivity index (χ0n) is 11.5. The number of ether oxygens (including phenoxy) is 2. The van der Waals surface area contributed by atoms with Crippen molar-refractivity contribution in [3.8, 4) is 5.75 Å². The summed E-state index contributed by atoms with van der Waals surface area (Å²) in [5.74, 6) is -0.351. The van der Waals surface area contributed by atoms with Crippen molar-refractivity contribution in [3.63, 3.8) is 0 Å². The van der Waals surface area contributed by atoms with Gasteiger partial charge in [-0.3, -0.25) is 9.69 Å². The van der Waals surface area contributed by atoms with Crippen molar-refractivity contribution >= 4 is 12.0 Å². The number of rotatable bonds is 1. The van der Waals surface area contributed by atoms with Crippen LogP contribution in [0.3, 0.4) is 0 Å². The van der Waals surface area contributed by atoms with Gasteiger partial charge in [-0.05, 0) is 13.0 Å². The predicted octanol–water partition coefficient (Wildman–Crippen LogP) is 1.28. The first-order chi connectivity index (χ1) is 9.49. The third kappa shape index (κ3) is 1.51. The van der Waals surface area contributed by atoms with E-state index in [1.165, 1.54) is 12.0 Å². The van der Waals surface area contributed by atoms with E-state index in [1.54, 1.807) is 14.0 Å². The third-order valence-corrected chi connectivity index (χ3v) is 4.19. The first-order valence-electron chi connectivity index (χ1n) is 6.39. The molecule has 0 spiro atoms. The Kier molecular flexibility index (Phi) is 2.64. The molecule has 1 aromatic carbocycles. The van der Waals surface area contributed by atoms with Crippen LogP contribution in [-0.2, 0) is 9.53 Å². The number of benzene rings is 1. The van der Waals surface area contributed by atoms with Crippen molar-refractivity contribution in [2.45, 2.75) is 18.7 Å². The first kappa shape index (κ1) is 12.8. The molecule has 1 saturated heterocycles. The minimum atomic E-state index is -1.06. The summed E-state index contributed by atoms with van der Waals surface area (Å²) in [6, 6.07) is 6.68. The Morgan fingerprint density at radius 3 is 2.85 bits per heavy atom. The van der Waals surface area contributed by atoms with E-state index in [2.05, 4.69) is 5.32 Å². The minimum Gasteiger partial charge on any atom is -0.469 e. The molecule has 3 atom stereocenters. The molecule has 0 aromatic heterocycles. The highest BCUT2D eigenvalue weighted by molar-refractivity contribution is 5.84. The van der Waals surface area contributed by atoms with Crippen LogP contribution in [0.15, 0.2) is 24.3 Å². The summed E-state index contributed by atoms with van der Waals surface area (Å²) in [6.07, 6.45) is 0. The Labute approximate surface area is 116 Å². The molecule has 106 valence electrons. The van der Waals surface area contributed by atoms with E-state index in [-0.39, 0.29) is 6.03 Å². The maximum Gasteiger partial charge on any atom is 0.320 e. The van der Waals surface area contributed by atoms with Crippen molar-refractivity contribution < 1.29 is 19.1 Å². The van der Waals surface area contributed by atoms with Gasteiger partial charge in [0.05, 0.1) is 13.2 Å². The summed E-state index contributed by atoms with van der Waals surface area (Å²) in [7, 11) is 2.94. The van der Waals surface area contributed by atoms with Crippen LogP contribution in [-0.4, -0.2) is 36.8 Å². The Hall–Kier alpha value is -2.24. The Morgan fingerprint density at radius 1 is 1.45 bits per heavy atom. The number of para-hydroxylation sites is 1. The molecular weight excluding hydrogens is 260 g/mol. The number of hydrogen-bond acceptors (Lipinski definition) is 4. The van der Waals surface area contributed by atoms with Gasteiger partial charge in [-0.25, -0.2) is 4.79 Å². The molecule has 0 aliphatic carbocycles. The molecule has 2 bridgehead atoms. The standard InChI is InChI=1S/C14H16N2O4/c1-14-10(12(17)19-3)11(15-13(18)16(14)2)8-6-4-5-7-9(8)20-14/h4-7,10-11H,1-3H3,(H,15,18)/t10-,11-,14-/m0/s1. The second-order valence-corrected chi connectivity index (χ2v) is 5.18. The highest BCUT2D eigenvalue weighted by Crippen LogP contribution is 2.47. The Morgan fingerprint density at radius 2 is 2.15 bits per heavy atom. The normalized spacial score (nSPS) is 30.9. The molecule has 2 amide bonds. The smallest absolute Gasteiger partial charge is 0.320 e. The first-order valence-corrected chi connectivity index (χ1v) is 6.39. The van der Waals surface area contributed by atoms with E-state index in [0.29, 0.717) is 5.75 Å². The summed E-state index contributed by atoms with van der Waals surface area (Å²) in [4.78, 5) is 25.6. The highest BCUT2D eigenvalue weighted by atomic mass is 16.5. The molecule has 0 unspecified atom stereocenters. The molecular formula is C14H16N2O4. The molecule has 20 heavy (non-hydrogen) atoms. The van der Waals surface area contributed by atoms with Gasteiger partial charge in [0.1, 0.15) is 11.7 Å². The SMILES string of the molecule is COC(=O)[C@@H]1[C@H]2NC(=O)N(C)[C@@]1(C)Oc1ccccc12. The molecule has 3 rings (SSSR count). The van der Waals surface area contributed by atoms with E-state index in [1.807, 2.05) is 24.3 Å². The van der Waals surface area contributed by atoms with Gasteiger partial charge in [-0.1, -0.05) is 18.2 Å².